The van der Waals surface area contributed by atoms with E-state index in [9.17, 15) is 9.59 Å². The van der Waals surface area contributed by atoms with Crippen LogP contribution in [0.1, 0.15) is 6.42 Å². The third-order valence-corrected chi connectivity index (χ3v) is 3.61. The standard InChI is InChI=1S/C15H22N4O3/c1-22-13-5-3-2-4-12(13)19-7-6-11(10-19)18-15(21)9-17-14(20)8-16/h2-5,11H,6-10,16H2,1H3,(H,17,20)(H,18,21). The van der Waals surface area contributed by atoms with Gasteiger partial charge in [0.05, 0.1) is 25.9 Å². The van der Waals surface area contributed by atoms with Crippen molar-refractivity contribution in [3.8, 4) is 5.75 Å². The van der Waals surface area contributed by atoms with Gasteiger partial charge in [0.25, 0.3) is 0 Å². The second-order valence-electron chi connectivity index (χ2n) is 5.15. The van der Waals surface area contributed by atoms with Gasteiger partial charge >= 0.3 is 0 Å². The number of carbonyl (C=O) groups is 2. The molecule has 1 aliphatic rings. The molecule has 4 N–H and O–H groups in total. The first kappa shape index (κ1) is 16.1. The molecular weight excluding hydrogens is 284 g/mol. The fourth-order valence-corrected chi connectivity index (χ4v) is 2.52. The van der Waals surface area contributed by atoms with Crippen LogP contribution in [0.2, 0.25) is 0 Å². The van der Waals surface area contributed by atoms with Gasteiger partial charge in [0.1, 0.15) is 5.75 Å². The SMILES string of the molecule is COc1ccccc1N1CCC(NC(=O)CNC(=O)CN)C1. The van der Waals surface area contributed by atoms with Gasteiger partial charge in [-0.1, -0.05) is 12.1 Å². The van der Waals surface area contributed by atoms with Crippen molar-refractivity contribution in [1.82, 2.24) is 10.6 Å². The number of nitrogens with one attached hydrogen (secondary N) is 2. The Bertz CT molecular complexity index is 535. The topological polar surface area (TPSA) is 96.7 Å². The van der Waals surface area contributed by atoms with E-state index in [0.29, 0.717) is 0 Å². The molecule has 0 bridgehead atoms. The van der Waals surface area contributed by atoms with E-state index >= 15 is 0 Å². The monoisotopic (exact) mass is 306 g/mol. The first-order chi connectivity index (χ1) is 10.6. The van der Waals surface area contributed by atoms with Crippen LogP contribution in [0.4, 0.5) is 5.69 Å². The largest absolute Gasteiger partial charge is 0.495 e. The molecule has 1 unspecified atom stereocenters. The summed E-state index contributed by atoms with van der Waals surface area (Å²) in [5.41, 5.74) is 6.20. The molecule has 22 heavy (non-hydrogen) atoms. The Morgan fingerprint density at radius 2 is 2.14 bits per heavy atom. The first-order valence-corrected chi connectivity index (χ1v) is 7.28. The smallest absolute Gasteiger partial charge is 0.239 e. The molecule has 1 atom stereocenters. The van der Waals surface area contributed by atoms with E-state index in [1.807, 2.05) is 24.3 Å². The van der Waals surface area contributed by atoms with Crippen molar-refractivity contribution in [2.45, 2.75) is 12.5 Å². The van der Waals surface area contributed by atoms with Crippen molar-refractivity contribution in [3.05, 3.63) is 24.3 Å². The summed E-state index contributed by atoms with van der Waals surface area (Å²) in [5, 5.41) is 5.38. The van der Waals surface area contributed by atoms with Gasteiger partial charge in [-0.2, -0.15) is 0 Å². The average molecular weight is 306 g/mol. The lowest BCUT2D eigenvalue weighted by Gasteiger charge is -2.21. The Morgan fingerprint density at radius 1 is 1.36 bits per heavy atom. The van der Waals surface area contributed by atoms with Gasteiger partial charge in [-0.3, -0.25) is 9.59 Å². The number of hydrogen-bond acceptors (Lipinski definition) is 5. The maximum Gasteiger partial charge on any atom is 0.239 e. The van der Waals surface area contributed by atoms with Gasteiger partial charge < -0.3 is 26.0 Å². The van der Waals surface area contributed by atoms with Crippen molar-refractivity contribution >= 4 is 17.5 Å². The number of benzene rings is 1. The lowest BCUT2D eigenvalue weighted by atomic mass is 10.2. The van der Waals surface area contributed by atoms with Gasteiger partial charge in [0, 0.05) is 19.1 Å². The third-order valence-electron chi connectivity index (χ3n) is 3.61. The number of nitrogens with zero attached hydrogens (tertiary/aromatic N) is 1. The minimum Gasteiger partial charge on any atom is -0.495 e. The average Bonchev–Trinajstić information content (AvgIpc) is 3.00. The summed E-state index contributed by atoms with van der Waals surface area (Å²) in [6, 6.07) is 7.88. The number of para-hydroxylation sites is 2. The molecule has 120 valence electrons. The zero-order valence-corrected chi connectivity index (χ0v) is 12.7. The molecule has 0 aliphatic carbocycles. The Hall–Kier alpha value is -2.28. The van der Waals surface area contributed by atoms with E-state index in [4.69, 9.17) is 10.5 Å². The van der Waals surface area contributed by atoms with E-state index in [2.05, 4.69) is 15.5 Å². The van der Waals surface area contributed by atoms with Crippen LogP contribution in [0.25, 0.3) is 0 Å². The number of hydrogen-bond donors (Lipinski definition) is 3. The fourth-order valence-electron chi connectivity index (χ4n) is 2.52. The van der Waals surface area contributed by atoms with Crippen LogP contribution in [-0.2, 0) is 9.59 Å². The van der Waals surface area contributed by atoms with E-state index in [1.165, 1.54) is 0 Å². The Labute approximate surface area is 129 Å². The van der Waals surface area contributed by atoms with Crippen LogP contribution in [0.5, 0.6) is 5.75 Å². The van der Waals surface area contributed by atoms with Crippen LogP contribution < -0.4 is 26.0 Å². The number of ether oxygens (including phenoxy) is 1. The molecule has 7 heteroatoms. The highest BCUT2D eigenvalue weighted by Gasteiger charge is 2.25. The van der Waals surface area contributed by atoms with E-state index < -0.39 is 0 Å². The van der Waals surface area contributed by atoms with Gasteiger partial charge in [0.15, 0.2) is 0 Å². The lowest BCUT2D eigenvalue weighted by Crippen LogP contribution is -2.44. The Morgan fingerprint density at radius 3 is 2.86 bits per heavy atom. The predicted octanol–water partition coefficient (Wildman–Crippen LogP) is -0.535. The molecule has 1 aromatic carbocycles. The van der Waals surface area contributed by atoms with Crippen molar-refractivity contribution in [3.63, 3.8) is 0 Å². The summed E-state index contributed by atoms with van der Waals surface area (Å²) in [6.45, 7) is 1.41. The highest BCUT2D eigenvalue weighted by molar-refractivity contribution is 5.85. The highest BCUT2D eigenvalue weighted by Crippen LogP contribution is 2.30. The molecule has 7 nitrogen and oxygen atoms in total. The van der Waals surface area contributed by atoms with Crippen LogP contribution in [0.15, 0.2) is 24.3 Å². The van der Waals surface area contributed by atoms with E-state index in [0.717, 1.165) is 30.9 Å². The molecule has 2 amide bonds. The highest BCUT2D eigenvalue weighted by atomic mass is 16.5. The Kier molecular flexibility index (Phi) is 5.60. The van der Waals surface area contributed by atoms with Crippen molar-refractivity contribution < 1.29 is 14.3 Å². The zero-order valence-electron chi connectivity index (χ0n) is 12.7. The molecule has 1 aromatic rings. The van der Waals surface area contributed by atoms with Gasteiger partial charge in [0.2, 0.25) is 11.8 Å². The molecule has 1 heterocycles. The molecule has 1 aliphatic heterocycles. The van der Waals surface area contributed by atoms with Crippen molar-refractivity contribution in [2.75, 3.05) is 38.2 Å². The number of anilines is 1. The first-order valence-electron chi connectivity index (χ1n) is 7.28. The lowest BCUT2D eigenvalue weighted by molar-refractivity contribution is -0.125. The maximum absolute atomic E-state index is 11.8. The van der Waals surface area contributed by atoms with Crippen LogP contribution >= 0.6 is 0 Å². The zero-order chi connectivity index (χ0) is 15.9. The molecule has 1 fully saturated rings. The van der Waals surface area contributed by atoms with E-state index in [1.54, 1.807) is 7.11 Å². The minimum atomic E-state index is -0.336. The number of amides is 2. The summed E-state index contributed by atoms with van der Waals surface area (Å²) >= 11 is 0. The molecule has 0 aromatic heterocycles. The molecular formula is C15H22N4O3. The Balaban J connectivity index is 1.85. The van der Waals surface area contributed by atoms with Gasteiger partial charge in [-0.05, 0) is 18.6 Å². The third kappa shape index (κ3) is 4.11. The van der Waals surface area contributed by atoms with Crippen molar-refractivity contribution in [1.29, 1.82) is 0 Å². The summed E-state index contributed by atoms with van der Waals surface area (Å²) in [4.78, 5) is 25.0. The molecule has 0 radical (unpaired) electrons. The quantitative estimate of drug-likeness (QED) is 0.656. The number of carbonyl (C=O) groups excluding carboxylic acids is 2. The molecule has 0 spiro atoms. The summed E-state index contributed by atoms with van der Waals surface area (Å²) in [5.74, 6) is 0.288. The molecule has 0 saturated carbocycles. The second kappa shape index (κ2) is 7.65. The predicted molar refractivity (Wildman–Crippen MR) is 83.8 cm³/mol. The minimum absolute atomic E-state index is 0.0405. The maximum atomic E-state index is 11.8. The van der Waals surface area contributed by atoms with Crippen LogP contribution in [-0.4, -0.2) is 51.1 Å². The molecule has 1 saturated heterocycles. The molecule has 2 rings (SSSR count). The van der Waals surface area contributed by atoms with Gasteiger partial charge in [-0.25, -0.2) is 0 Å². The summed E-state index contributed by atoms with van der Waals surface area (Å²) in [6.07, 6.45) is 0.856. The second-order valence-corrected chi connectivity index (χ2v) is 5.15. The summed E-state index contributed by atoms with van der Waals surface area (Å²) in [7, 11) is 1.65. The summed E-state index contributed by atoms with van der Waals surface area (Å²) < 4.78 is 5.36. The van der Waals surface area contributed by atoms with Crippen LogP contribution in [0.3, 0.4) is 0 Å². The number of nitrogens with two attached hydrogens (primary N) is 1. The normalized spacial score (nSPS) is 17.2. The van der Waals surface area contributed by atoms with Gasteiger partial charge in [-0.15, -0.1) is 0 Å². The van der Waals surface area contributed by atoms with Crippen LogP contribution in [0, 0.1) is 0 Å². The number of methoxy groups -OCH3 is 1. The fraction of sp³-hybridized carbons (Fsp3) is 0.467. The van der Waals surface area contributed by atoms with Crippen molar-refractivity contribution in [2.24, 2.45) is 5.73 Å². The number of rotatable bonds is 6. The van der Waals surface area contributed by atoms with E-state index in [-0.39, 0.29) is 30.9 Å².